The van der Waals surface area contributed by atoms with Crippen LogP contribution in [0.25, 0.3) is 0 Å². The maximum atomic E-state index is 13.1. The quantitative estimate of drug-likeness (QED) is 0.883. The minimum Gasteiger partial charge on any atom is -0.393 e. The van der Waals surface area contributed by atoms with Crippen LogP contribution in [0.1, 0.15) is 38.2 Å². The van der Waals surface area contributed by atoms with Gasteiger partial charge >= 0.3 is 0 Å². The number of carbonyl (C=O) groups excluding carboxylic acids is 1. The van der Waals surface area contributed by atoms with Crippen molar-refractivity contribution in [2.45, 2.75) is 55.5 Å². The van der Waals surface area contributed by atoms with Gasteiger partial charge in [-0.25, -0.2) is 0 Å². The maximum Gasteiger partial charge on any atom is 0.257 e. The molecule has 1 aliphatic carbocycles. The molecule has 0 spiro atoms. The van der Waals surface area contributed by atoms with E-state index in [1.807, 2.05) is 37.3 Å². The van der Waals surface area contributed by atoms with E-state index in [2.05, 4.69) is 5.32 Å². The second-order valence-electron chi connectivity index (χ2n) is 7.21. The molecule has 1 aromatic rings. The minimum absolute atomic E-state index is 0.00921. The van der Waals surface area contributed by atoms with Crippen LogP contribution in [0.4, 0.5) is 0 Å². The summed E-state index contributed by atoms with van der Waals surface area (Å²) in [5, 5.41) is 12.7. The molecule has 1 saturated carbocycles. The standard InChI is InChI=1S/C18H23NO4/c1-13-17(10-16(11-17,12-20)23-13)19-15(21)18(8-5-9-22-18)14-6-3-2-4-7-14/h2-4,6-7,13,20H,5,8-12H2,1H3,(H,19,21). The molecule has 2 bridgehead atoms. The van der Waals surface area contributed by atoms with Crippen molar-refractivity contribution in [2.24, 2.45) is 0 Å². The van der Waals surface area contributed by atoms with Crippen LogP contribution >= 0.6 is 0 Å². The lowest BCUT2D eigenvalue weighted by Crippen LogP contribution is -2.65. The summed E-state index contributed by atoms with van der Waals surface area (Å²) < 4.78 is 11.8. The van der Waals surface area contributed by atoms with Crippen molar-refractivity contribution in [3.05, 3.63) is 35.9 Å². The first-order valence-corrected chi connectivity index (χ1v) is 8.35. The molecular formula is C18H23NO4. The molecule has 124 valence electrons. The molecule has 0 aromatic heterocycles. The SMILES string of the molecule is CC1OC2(CO)CC1(NC(=O)C1(c3ccccc3)CCCO1)C2. The van der Waals surface area contributed by atoms with E-state index in [1.165, 1.54) is 0 Å². The largest absolute Gasteiger partial charge is 0.393 e. The average Bonchev–Trinajstić information content (AvgIpc) is 3.19. The number of benzene rings is 1. The van der Waals surface area contributed by atoms with Crippen molar-refractivity contribution < 1.29 is 19.4 Å². The Labute approximate surface area is 136 Å². The highest BCUT2D eigenvalue weighted by Crippen LogP contribution is 2.55. The number of rotatable bonds is 4. The van der Waals surface area contributed by atoms with Gasteiger partial charge in [-0.1, -0.05) is 30.3 Å². The number of fused-ring (bicyclic) bond motifs is 1. The number of hydrogen-bond acceptors (Lipinski definition) is 4. The van der Waals surface area contributed by atoms with Crippen LogP contribution in [0.3, 0.4) is 0 Å². The highest BCUT2D eigenvalue weighted by Gasteiger charge is 2.67. The van der Waals surface area contributed by atoms with Gasteiger partial charge in [0.1, 0.15) is 0 Å². The molecule has 4 aliphatic rings. The zero-order valence-corrected chi connectivity index (χ0v) is 13.4. The fourth-order valence-corrected chi connectivity index (χ4v) is 4.51. The lowest BCUT2D eigenvalue weighted by Gasteiger charge is -2.46. The van der Waals surface area contributed by atoms with Crippen LogP contribution in [0, 0.1) is 0 Å². The number of aliphatic hydroxyl groups is 1. The van der Waals surface area contributed by atoms with E-state index < -0.39 is 11.2 Å². The molecule has 3 heterocycles. The summed E-state index contributed by atoms with van der Waals surface area (Å²) in [6.07, 6.45) is 2.83. The van der Waals surface area contributed by atoms with Crippen LogP contribution in [-0.2, 0) is 19.9 Å². The number of carbonyl (C=O) groups is 1. The summed E-state index contributed by atoms with van der Waals surface area (Å²) >= 11 is 0. The number of hydrogen-bond donors (Lipinski definition) is 2. The second kappa shape index (κ2) is 5.03. The fourth-order valence-electron chi connectivity index (χ4n) is 4.51. The van der Waals surface area contributed by atoms with Crippen LogP contribution in [-0.4, -0.2) is 41.5 Å². The Morgan fingerprint density at radius 3 is 2.65 bits per heavy atom. The van der Waals surface area contributed by atoms with E-state index in [1.54, 1.807) is 0 Å². The van der Waals surface area contributed by atoms with Gasteiger partial charge < -0.3 is 19.9 Å². The summed E-state index contributed by atoms with van der Waals surface area (Å²) in [6.45, 7) is 2.58. The third-order valence-corrected chi connectivity index (χ3v) is 5.76. The zero-order valence-electron chi connectivity index (χ0n) is 13.4. The van der Waals surface area contributed by atoms with E-state index in [-0.39, 0.29) is 24.2 Å². The van der Waals surface area contributed by atoms with Gasteiger partial charge in [-0.15, -0.1) is 0 Å². The Morgan fingerprint density at radius 2 is 2.09 bits per heavy atom. The number of ether oxygens (including phenoxy) is 2. The van der Waals surface area contributed by atoms with Gasteiger partial charge in [0.15, 0.2) is 5.60 Å². The Bertz CT molecular complexity index is 603. The van der Waals surface area contributed by atoms with Gasteiger partial charge in [0.05, 0.1) is 23.9 Å². The number of amides is 1. The molecule has 5 nitrogen and oxygen atoms in total. The highest BCUT2D eigenvalue weighted by molar-refractivity contribution is 5.88. The summed E-state index contributed by atoms with van der Waals surface area (Å²) in [7, 11) is 0. The Hall–Kier alpha value is -1.43. The monoisotopic (exact) mass is 317 g/mol. The normalized spacial score (nSPS) is 41.6. The molecule has 1 aromatic carbocycles. The zero-order chi connectivity index (χ0) is 16.1. The number of nitrogens with one attached hydrogen (secondary N) is 1. The van der Waals surface area contributed by atoms with Gasteiger partial charge in [0.25, 0.3) is 5.91 Å². The molecule has 2 N–H and O–H groups in total. The molecule has 1 amide bonds. The summed E-state index contributed by atoms with van der Waals surface area (Å²) in [5.74, 6) is -0.0786. The molecular weight excluding hydrogens is 294 g/mol. The third-order valence-electron chi connectivity index (χ3n) is 5.76. The smallest absolute Gasteiger partial charge is 0.257 e. The summed E-state index contributed by atoms with van der Waals surface area (Å²) in [6, 6.07) is 9.72. The van der Waals surface area contributed by atoms with Gasteiger partial charge in [0, 0.05) is 19.4 Å². The topological polar surface area (TPSA) is 67.8 Å². The van der Waals surface area contributed by atoms with Gasteiger partial charge in [-0.2, -0.15) is 0 Å². The van der Waals surface area contributed by atoms with Crippen LogP contribution in [0.5, 0.6) is 0 Å². The van der Waals surface area contributed by atoms with Gasteiger partial charge in [-0.05, 0) is 25.3 Å². The van der Waals surface area contributed by atoms with Gasteiger partial charge in [-0.3, -0.25) is 4.79 Å². The van der Waals surface area contributed by atoms with Crippen molar-refractivity contribution in [3.8, 4) is 0 Å². The molecule has 23 heavy (non-hydrogen) atoms. The van der Waals surface area contributed by atoms with Crippen molar-refractivity contribution in [3.63, 3.8) is 0 Å². The molecule has 0 radical (unpaired) electrons. The molecule has 2 unspecified atom stereocenters. The molecule has 5 heteroatoms. The Kier molecular flexibility index (Phi) is 3.31. The predicted molar refractivity (Wildman–Crippen MR) is 83.8 cm³/mol. The predicted octanol–water partition coefficient (Wildman–Crippen LogP) is 1.49. The Morgan fingerprint density at radius 1 is 1.35 bits per heavy atom. The van der Waals surface area contributed by atoms with Crippen LogP contribution in [0.15, 0.2) is 30.3 Å². The van der Waals surface area contributed by atoms with Gasteiger partial charge in [0.2, 0.25) is 0 Å². The van der Waals surface area contributed by atoms with E-state index >= 15 is 0 Å². The van der Waals surface area contributed by atoms with E-state index in [0.29, 0.717) is 25.9 Å². The lowest BCUT2D eigenvalue weighted by molar-refractivity contribution is -0.146. The summed E-state index contributed by atoms with van der Waals surface area (Å²) in [4.78, 5) is 13.1. The maximum absolute atomic E-state index is 13.1. The van der Waals surface area contributed by atoms with Crippen molar-refractivity contribution in [2.75, 3.05) is 13.2 Å². The fraction of sp³-hybridized carbons (Fsp3) is 0.611. The third kappa shape index (κ3) is 2.07. The molecule has 3 aliphatic heterocycles. The van der Waals surface area contributed by atoms with Crippen LogP contribution in [0.2, 0.25) is 0 Å². The molecule has 2 atom stereocenters. The summed E-state index contributed by atoms with van der Waals surface area (Å²) in [5.41, 5.74) is -0.808. The van der Waals surface area contributed by atoms with E-state index in [4.69, 9.17) is 9.47 Å². The van der Waals surface area contributed by atoms with E-state index in [9.17, 15) is 9.90 Å². The Balaban J connectivity index is 1.59. The molecule has 5 rings (SSSR count). The first-order valence-electron chi connectivity index (χ1n) is 8.35. The average molecular weight is 317 g/mol. The van der Waals surface area contributed by atoms with E-state index in [0.717, 1.165) is 12.0 Å². The lowest BCUT2D eigenvalue weighted by atomic mass is 9.66. The van der Waals surface area contributed by atoms with Crippen molar-refractivity contribution in [1.29, 1.82) is 0 Å². The first kappa shape index (κ1) is 15.1. The minimum atomic E-state index is -0.893. The molecule has 3 saturated heterocycles. The van der Waals surface area contributed by atoms with Crippen molar-refractivity contribution >= 4 is 5.91 Å². The van der Waals surface area contributed by atoms with Crippen LogP contribution < -0.4 is 5.32 Å². The number of aliphatic hydroxyl groups excluding tert-OH is 1. The highest BCUT2D eigenvalue weighted by atomic mass is 16.5. The van der Waals surface area contributed by atoms with Crippen molar-refractivity contribution in [1.82, 2.24) is 5.32 Å². The molecule has 4 fully saturated rings. The second-order valence-corrected chi connectivity index (χ2v) is 7.21. The first-order chi connectivity index (χ1) is 11.0.